The number of carbonyl (C=O) groups excluding carboxylic acids is 1. The van der Waals surface area contributed by atoms with E-state index in [0.29, 0.717) is 11.3 Å². The first kappa shape index (κ1) is 14.2. The fourth-order valence-electron chi connectivity index (χ4n) is 2.12. The molecule has 2 aliphatic rings. The van der Waals surface area contributed by atoms with Gasteiger partial charge in [-0.1, -0.05) is 0 Å². The third kappa shape index (κ3) is 3.87. The van der Waals surface area contributed by atoms with Gasteiger partial charge in [-0.2, -0.15) is 11.8 Å². The standard InChI is InChI=1S/C13H23NO3S/c1-13(12(15)16-2,14-10-4-5-10)6-3-7-18-11-8-17-9-11/h10-11,14H,3-9H2,1-2H3. The number of esters is 1. The molecule has 0 aromatic heterocycles. The molecule has 1 N–H and O–H groups in total. The first-order chi connectivity index (χ1) is 8.64. The average molecular weight is 273 g/mol. The molecule has 1 heterocycles. The van der Waals surface area contributed by atoms with E-state index in [4.69, 9.17) is 9.47 Å². The van der Waals surface area contributed by atoms with Gasteiger partial charge in [0.25, 0.3) is 0 Å². The summed E-state index contributed by atoms with van der Waals surface area (Å²) in [5, 5.41) is 4.10. The highest BCUT2D eigenvalue weighted by Crippen LogP contribution is 2.27. The zero-order valence-corrected chi connectivity index (χ0v) is 12.1. The Bertz CT molecular complexity index is 292. The van der Waals surface area contributed by atoms with E-state index in [9.17, 15) is 4.79 Å². The summed E-state index contributed by atoms with van der Waals surface area (Å²) in [6.07, 6.45) is 4.24. The van der Waals surface area contributed by atoms with Crippen LogP contribution in [0, 0.1) is 0 Å². The lowest BCUT2D eigenvalue weighted by molar-refractivity contribution is -0.148. The van der Waals surface area contributed by atoms with Crippen LogP contribution in [0.1, 0.15) is 32.6 Å². The third-order valence-corrected chi connectivity index (χ3v) is 4.79. The zero-order chi connectivity index (χ0) is 13.0. The number of methoxy groups -OCH3 is 1. The molecule has 0 aromatic rings. The van der Waals surface area contributed by atoms with Crippen molar-refractivity contribution in [3.63, 3.8) is 0 Å². The molecule has 104 valence electrons. The molecule has 1 aliphatic heterocycles. The number of nitrogens with one attached hydrogen (secondary N) is 1. The van der Waals surface area contributed by atoms with Crippen molar-refractivity contribution < 1.29 is 14.3 Å². The molecule has 2 fully saturated rings. The number of hydrogen-bond donors (Lipinski definition) is 1. The second kappa shape index (κ2) is 6.26. The summed E-state index contributed by atoms with van der Waals surface area (Å²) >= 11 is 1.95. The molecule has 5 heteroatoms. The van der Waals surface area contributed by atoms with Crippen LogP contribution in [0.5, 0.6) is 0 Å². The zero-order valence-electron chi connectivity index (χ0n) is 11.2. The first-order valence-electron chi connectivity index (χ1n) is 6.69. The minimum absolute atomic E-state index is 0.133. The van der Waals surface area contributed by atoms with Crippen molar-refractivity contribution in [2.24, 2.45) is 0 Å². The summed E-state index contributed by atoms with van der Waals surface area (Å²) in [6, 6.07) is 0.516. The van der Waals surface area contributed by atoms with Crippen LogP contribution in [0.25, 0.3) is 0 Å². The van der Waals surface area contributed by atoms with Gasteiger partial charge in [0.2, 0.25) is 0 Å². The van der Waals surface area contributed by atoms with Gasteiger partial charge in [0.05, 0.1) is 25.6 Å². The molecule has 2 rings (SSSR count). The van der Waals surface area contributed by atoms with Gasteiger partial charge in [-0.05, 0) is 38.4 Å². The van der Waals surface area contributed by atoms with Crippen molar-refractivity contribution in [3.05, 3.63) is 0 Å². The molecule has 0 spiro atoms. The van der Waals surface area contributed by atoms with Crippen LogP contribution in [-0.2, 0) is 14.3 Å². The second-order valence-electron chi connectivity index (χ2n) is 5.38. The van der Waals surface area contributed by atoms with E-state index in [-0.39, 0.29) is 5.97 Å². The molecule has 1 saturated heterocycles. The largest absolute Gasteiger partial charge is 0.468 e. The van der Waals surface area contributed by atoms with Gasteiger partial charge in [-0.3, -0.25) is 10.1 Å². The quantitative estimate of drug-likeness (QED) is 0.537. The maximum absolute atomic E-state index is 11.9. The summed E-state index contributed by atoms with van der Waals surface area (Å²) in [6.45, 7) is 3.74. The molecule has 18 heavy (non-hydrogen) atoms. The van der Waals surface area contributed by atoms with Crippen molar-refractivity contribution in [1.29, 1.82) is 0 Å². The Morgan fingerprint density at radius 2 is 2.22 bits per heavy atom. The van der Waals surface area contributed by atoms with E-state index in [2.05, 4.69) is 5.32 Å². The van der Waals surface area contributed by atoms with Gasteiger partial charge >= 0.3 is 5.97 Å². The minimum atomic E-state index is -0.507. The summed E-state index contributed by atoms with van der Waals surface area (Å²) in [7, 11) is 1.47. The Hall–Kier alpha value is -0.260. The number of ether oxygens (including phenoxy) is 2. The van der Waals surface area contributed by atoms with Crippen LogP contribution in [0.4, 0.5) is 0 Å². The van der Waals surface area contributed by atoms with Crippen LogP contribution >= 0.6 is 11.8 Å². The van der Waals surface area contributed by atoms with Crippen LogP contribution in [0.3, 0.4) is 0 Å². The van der Waals surface area contributed by atoms with Crippen molar-refractivity contribution in [2.45, 2.75) is 49.4 Å². The van der Waals surface area contributed by atoms with Crippen molar-refractivity contribution >= 4 is 17.7 Å². The maximum Gasteiger partial charge on any atom is 0.325 e. The van der Waals surface area contributed by atoms with E-state index < -0.39 is 5.54 Å². The summed E-state index contributed by atoms with van der Waals surface area (Å²) in [5.74, 6) is 0.957. The molecule has 0 bridgehead atoms. The molecule has 0 amide bonds. The predicted molar refractivity (Wildman–Crippen MR) is 72.9 cm³/mol. The molecule has 4 nitrogen and oxygen atoms in total. The molecule has 1 unspecified atom stereocenters. The van der Waals surface area contributed by atoms with Crippen molar-refractivity contribution in [1.82, 2.24) is 5.32 Å². The lowest BCUT2D eigenvalue weighted by Gasteiger charge is -2.29. The lowest BCUT2D eigenvalue weighted by atomic mass is 9.96. The van der Waals surface area contributed by atoms with Crippen LogP contribution < -0.4 is 5.32 Å². The van der Waals surface area contributed by atoms with E-state index >= 15 is 0 Å². The fourth-order valence-corrected chi connectivity index (χ4v) is 3.15. The smallest absolute Gasteiger partial charge is 0.325 e. The van der Waals surface area contributed by atoms with E-state index in [0.717, 1.165) is 31.8 Å². The second-order valence-corrected chi connectivity index (χ2v) is 6.78. The predicted octanol–water partition coefficient (Wildman–Crippen LogP) is 1.58. The molecule has 1 saturated carbocycles. The molecular weight excluding hydrogens is 250 g/mol. The van der Waals surface area contributed by atoms with Gasteiger partial charge in [0.1, 0.15) is 5.54 Å². The lowest BCUT2D eigenvalue weighted by Crippen LogP contribution is -2.51. The molecular formula is C13H23NO3S. The highest BCUT2D eigenvalue weighted by Gasteiger charge is 2.38. The maximum atomic E-state index is 11.9. The fraction of sp³-hybridized carbons (Fsp3) is 0.923. The summed E-state index contributed by atoms with van der Waals surface area (Å²) in [4.78, 5) is 11.9. The third-order valence-electron chi connectivity index (χ3n) is 3.52. The minimum Gasteiger partial charge on any atom is -0.468 e. The van der Waals surface area contributed by atoms with E-state index in [1.807, 2.05) is 18.7 Å². The molecule has 0 aromatic carbocycles. The van der Waals surface area contributed by atoms with Gasteiger partial charge in [0, 0.05) is 6.04 Å². The van der Waals surface area contributed by atoms with Crippen molar-refractivity contribution in [2.75, 3.05) is 26.1 Å². The summed E-state index contributed by atoms with van der Waals surface area (Å²) < 4.78 is 10.1. The first-order valence-corrected chi connectivity index (χ1v) is 7.74. The molecule has 1 atom stereocenters. The Balaban J connectivity index is 1.71. The normalized spacial score (nSPS) is 23.2. The van der Waals surface area contributed by atoms with Gasteiger partial charge in [-0.25, -0.2) is 0 Å². The Kier molecular flexibility index (Phi) is 4.92. The molecule has 0 radical (unpaired) electrons. The van der Waals surface area contributed by atoms with Crippen LogP contribution in [0.15, 0.2) is 0 Å². The topological polar surface area (TPSA) is 47.6 Å². The van der Waals surface area contributed by atoms with Crippen LogP contribution in [-0.4, -0.2) is 48.9 Å². The van der Waals surface area contributed by atoms with Crippen molar-refractivity contribution in [3.8, 4) is 0 Å². The number of rotatable bonds is 8. The monoisotopic (exact) mass is 273 g/mol. The Labute approximate surface area is 113 Å². The number of hydrogen-bond acceptors (Lipinski definition) is 5. The Morgan fingerprint density at radius 3 is 2.72 bits per heavy atom. The van der Waals surface area contributed by atoms with Gasteiger partial charge in [0.15, 0.2) is 0 Å². The number of thioether (sulfide) groups is 1. The van der Waals surface area contributed by atoms with Gasteiger partial charge < -0.3 is 9.47 Å². The van der Waals surface area contributed by atoms with E-state index in [1.165, 1.54) is 20.0 Å². The SMILES string of the molecule is COC(=O)C(C)(CCCSC1COC1)NC1CC1. The number of carbonyl (C=O) groups is 1. The molecule has 1 aliphatic carbocycles. The summed E-state index contributed by atoms with van der Waals surface area (Å²) in [5.41, 5.74) is -0.507. The highest BCUT2D eigenvalue weighted by molar-refractivity contribution is 8.00. The van der Waals surface area contributed by atoms with Gasteiger partial charge in [-0.15, -0.1) is 0 Å². The van der Waals surface area contributed by atoms with E-state index in [1.54, 1.807) is 0 Å². The average Bonchev–Trinajstić information content (AvgIpc) is 3.09. The highest BCUT2D eigenvalue weighted by atomic mass is 32.2. The van der Waals surface area contributed by atoms with Crippen LogP contribution in [0.2, 0.25) is 0 Å². The Morgan fingerprint density at radius 1 is 1.50 bits per heavy atom.